The summed E-state index contributed by atoms with van der Waals surface area (Å²) in [7, 11) is 1.39. The molecule has 2 heterocycles. The molecule has 2 aromatic heterocycles. The van der Waals surface area contributed by atoms with Crippen LogP contribution in [0.2, 0.25) is 0 Å². The van der Waals surface area contributed by atoms with Crippen LogP contribution < -0.4 is 10.6 Å². The molecule has 0 unspecified atom stereocenters. The molecule has 30 heavy (non-hydrogen) atoms. The Balaban J connectivity index is 1.29. The summed E-state index contributed by atoms with van der Waals surface area (Å²) in [6.45, 7) is 2.06. The molecule has 4 aliphatic rings. The van der Waals surface area contributed by atoms with Crippen molar-refractivity contribution in [1.82, 2.24) is 9.78 Å². The van der Waals surface area contributed by atoms with Gasteiger partial charge in [0.05, 0.1) is 18.2 Å². The molecule has 0 aromatic carbocycles. The smallest absolute Gasteiger partial charge is 0.340 e. The number of aromatic nitrogens is 2. The third-order valence-corrected chi connectivity index (χ3v) is 8.49. The van der Waals surface area contributed by atoms with Crippen LogP contribution in [-0.2, 0) is 16.7 Å². The van der Waals surface area contributed by atoms with Crippen LogP contribution in [0.15, 0.2) is 18.3 Å². The number of aryl methyl sites for hydroxylation is 1. The Morgan fingerprint density at radius 2 is 1.93 bits per heavy atom. The number of rotatable bonds is 5. The third-order valence-electron chi connectivity index (χ3n) is 7.09. The first kappa shape index (κ1) is 20.0. The molecule has 6 rings (SSSR count). The number of thiophene rings is 1. The Morgan fingerprint density at radius 3 is 2.53 bits per heavy atom. The lowest BCUT2D eigenvalue weighted by Gasteiger charge is -2.56. The monoisotopic (exact) mass is 444 g/mol. The van der Waals surface area contributed by atoms with Gasteiger partial charge in [-0.3, -0.25) is 4.68 Å². The molecule has 0 radical (unpaired) electrons. The van der Waals surface area contributed by atoms with Crippen LogP contribution in [0.1, 0.15) is 60.7 Å². The van der Waals surface area contributed by atoms with Gasteiger partial charge < -0.3 is 15.4 Å². The minimum absolute atomic E-state index is 0.200. The zero-order chi connectivity index (χ0) is 20.9. The van der Waals surface area contributed by atoms with Crippen LogP contribution in [0, 0.1) is 17.8 Å². The molecule has 0 saturated heterocycles. The highest BCUT2D eigenvalue weighted by atomic mass is 32.1. The van der Waals surface area contributed by atoms with Crippen LogP contribution in [0.3, 0.4) is 0 Å². The molecule has 4 saturated carbocycles. The minimum atomic E-state index is -0.359. The first-order valence-corrected chi connectivity index (χ1v) is 12.1. The second-order valence-corrected chi connectivity index (χ2v) is 10.7. The Kier molecular flexibility index (Phi) is 5.09. The number of carbonyl (C=O) groups is 1. The molecule has 4 fully saturated rings. The normalized spacial score (nSPS) is 29.1. The molecule has 0 atom stereocenters. The highest BCUT2D eigenvalue weighted by molar-refractivity contribution is 7.80. The quantitative estimate of drug-likeness (QED) is 0.498. The Morgan fingerprint density at radius 1 is 1.27 bits per heavy atom. The van der Waals surface area contributed by atoms with Crippen molar-refractivity contribution in [2.24, 2.45) is 17.8 Å². The van der Waals surface area contributed by atoms with Gasteiger partial charge in [0.2, 0.25) is 0 Å². The lowest BCUT2D eigenvalue weighted by molar-refractivity contribution is -0.0492. The number of hydrogen-bond acceptors (Lipinski definition) is 5. The van der Waals surface area contributed by atoms with E-state index in [4.69, 9.17) is 22.1 Å². The van der Waals surface area contributed by atoms with Crippen LogP contribution in [0.5, 0.6) is 0 Å². The van der Waals surface area contributed by atoms with E-state index in [1.807, 2.05) is 12.1 Å². The number of methoxy groups -OCH3 is 1. The van der Waals surface area contributed by atoms with E-state index in [1.165, 1.54) is 57.0 Å². The number of hydrogen-bond donors (Lipinski definition) is 2. The maximum absolute atomic E-state index is 12.1. The number of thiocarbonyl (C=S) groups is 1. The van der Waals surface area contributed by atoms with E-state index in [0.29, 0.717) is 15.7 Å². The number of carbonyl (C=O) groups excluding carboxylic acids is 1. The molecular weight excluding hydrogens is 416 g/mol. The topological polar surface area (TPSA) is 68.2 Å². The molecule has 0 spiro atoms. The summed E-state index contributed by atoms with van der Waals surface area (Å²) in [5.74, 6) is 3.02. The number of nitrogens with zero attached hydrogens (tertiary/aromatic N) is 2. The van der Waals surface area contributed by atoms with Gasteiger partial charge >= 0.3 is 5.97 Å². The van der Waals surface area contributed by atoms with Gasteiger partial charge in [0.1, 0.15) is 5.00 Å². The lowest BCUT2D eigenvalue weighted by atomic mass is 9.53. The number of esters is 1. The van der Waals surface area contributed by atoms with Crippen molar-refractivity contribution in [3.63, 3.8) is 0 Å². The highest BCUT2D eigenvalue weighted by Crippen LogP contribution is 2.58. The third kappa shape index (κ3) is 3.54. The van der Waals surface area contributed by atoms with Crippen LogP contribution in [0.4, 0.5) is 10.8 Å². The van der Waals surface area contributed by atoms with Crippen molar-refractivity contribution in [1.29, 1.82) is 0 Å². The largest absolute Gasteiger partial charge is 0.465 e. The molecule has 2 N–H and O–H groups in total. The summed E-state index contributed by atoms with van der Waals surface area (Å²) in [4.78, 5) is 13.2. The first-order valence-electron chi connectivity index (χ1n) is 10.8. The number of ether oxygens (including phenoxy) is 1. The van der Waals surface area contributed by atoms with E-state index in [1.54, 1.807) is 0 Å². The predicted octanol–water partition coefficient (Wildman–Crippen LogP) is 5.03. The van der Waals surface area contributed by atoms with Crippen molar-refractivity contribution < 1.29 is 9.53 Å². The maximum atomic E-state index is 12.1. The molecule has 4 aliphatic carbocycles. The molecular formula is C22H28N4O2S2. The number of nitrogens with one attached hydrogen (secondary N) is 2. The predicted molar refractivity (Wildman–Crippen MR) is 123 cm³/mol. The minimum Gasteiger partial charge on any atom is -0.465 e. The average Bonchev–Trinajstić information content (AvgIpc) is 3.33. The van der Waals surface area contributed by atoms with E-state index in [2.05, 4.69) is 28.4 Å². The second-order valence-electron chi connectivity index (χ2n) is 9.17. The van der Waals surface area contributed by atoms with E-state index in [-0.39, 0.29) is 11.5 Å². The van der Waals surface area contributed by atoms with E-state index in [0.717, 1.165) is 34.9 Å². The van der Waals surface area contributed by atoms with Crippen molar-refractivity contribution >= 4 is 45.5 Å². The molecule has 6 nitrogen and oxygen atoms in total. The van der Waals surface area contributed by atoms with E-state index in [9.17, 15) is 4.79 Å². The molecule has 160 valence electrons. The van der Waals surface area contributed by atoms with Gasteiger partial charge in [-0.1, -0.05) is 6.92 Å². The highest BCUT2D eigenvalue weighted by Gasteiger charge is 2.52. The van der Waals surface area contributed by atoms with Crippen LogP contribution in [-0.4, -0.2) is 28.0 Å². The van der Waals surface area contributed by atoms with Gasteiger partial charge in [-0.2, -0.15) is 5.10 Å². The maximum Gasteiger partial charge on any atom is 0.340 e. The standard InChI is InChI=1S/C22H28N4O2S2/c1-3-16-9-17(20(27)28-2)19(30-16)24-21(29)23-18-4-5-26(25-18)22-10-13-6-14(11-22)8-15(7-13)12-22/h4-5,9,13-15H,3,6-8,10-12H2,1-2H3,(H2,23,24,25,29). The molecule has 4 bridgehead atoms. The van der Waals surface area contributed by atoms with Crippen LogP contribution >= 0.6 is 23.6 Å². The summed E-state index contributed by atoms with van der Waals surface area (Å²) in [5.41, 5.74) is 0.716. The molecule has 0 aliphatic heterocycles. The fraction of sp³-hybridized carbons (Fsp3) is 0.591. The zero-order valence-corrected chi connectivity index (χ0v) is 19.1. The van der Waals surface area contributed by atoms with Gasteiger partial charge in [-0.15, -0.1) is 11.3 Å². The summed E-state index contributed by atoms with van der Waals surface area (Å²) in [6, 6.07) is 3.86. The van der Waals surface area contributed by atoms with E-state index < -0.39 is 0 Å². The molecule has 2 aromatic rings. The summed E-state index contributed by atoms with van der Waals surface area (Å²) >= 11 is 7.03. The fourth-order valence-corrected chi connectivity index (χ4v) is 7.48. The van der Waals surface area contributed by atoms with Crippen molar-refractivity contribution in [3.8, 4) is 0 Å². The van der Waals surface area contributed by atoms with Crippen molar-refractivity contribution in [2.75, 3.05) is 17.7 Å². The van der Waals surface area contributed by atoms with E-state index >= 15 is 0 Å². The van der Waals surface area contributed by atoms with Gasteiger partial charge in [0, 0.05) is 17.1 Å². The lowest BCUT2D eigenvalue weighted by Crippen LogP contribution is -2.52. The first-order chi connectivity index (χ1) is 14.5. The zero-order valence-electron chi connectivity index (χ0n) is 17.4. The Bertz CT molecular complexity index is 944. The fourth-order valence-electron chi connectivity index (χ4n) is 6.22. The average molecular weight is 445 g/mol. The summed E-state index contributed by atoms with van der Waals surface area (Å²) in [6.07, 6.45) is 11.0. The summed E-state index contributed by atoms with van der Waals surface area (Å²) in [5, 5.41) is 12.4. The SMILES string of the molecule is CCc1cc(C(=O)OC)c(NC(=S)Nc2ccn(C34CC5CC(CC(C5)C3)C4)n2)s1. The van der Waals surface area contributed by atoms with Gasteiger partial charge in [-0.05, 0) is 81.0 Å². The van der Waals surface area contributed by atoms with Crippen molar-refractivity contribution in [3.05, 3.63) is 28.8 Å². The number of anilines is 2. The summed E-state index contributed by atoms with van der Waals surface area (Å²) < 4.78 is 7.11. The second kappa shape index (κ2) is 7.64. The Hall–Kier alpha value is -1.93. The van der Waals surface area contributed by atoms with Gasteiger partial charge in [-0.25, -0.2) is 4.79 Å². The van der Waals surface area contributed by atoms with Crippen molar-refractivity contribution in [2.45, 2.75) is 57.4 Å². The Labute approximate surface area is 186 Å². The molecule has 8 heteroatoms. The van der Waals surface area contributed by atoms with Gasteiger partial charge in [0.25, 0.3) is 0 Å². The van der Waals surface area contributed by atoms with Gasteiger partial charge in [0.15, 0.2) is 10.9 Å². The molecule has 0 amide bonds. The van der Waals surface area contributed by atoms with Crippen LogP contribution in [0.25, 0.3) is 0 Å².